The SMILES string of the molecule is COC1=CN(CC(O)[C@H]2CC[C@@H]3[C@]2(C)CC[C@H]2[C@@]3(C)CCC3C[C@](C)(O)CC[C@@]32C)NC1. The summed E-state index contributed by atoms with van der Waals surface area (Å²) in [6, 6.07) is 0. The number of hydrazine groups is 1. The number of hydrogen-bond acceptors (Lipinski definition) is 5. The Morgan fingerprint density at radius 3 is 2.44 bits per heavy atom. The van der Waals surface area contributed by atoms with E-state index >= 15 is 0 Å². The molecule has 4 aliphatic carbocycles. The molecule has 5 aliphatic rings. The average molecular weight is 447 g/mol. The minimum Gasteiger partial charge on any atom is -0.498 e. The van der Waals surface area contributed by atoms with Crippen LogP contribution in [0.1, 0.15) is 85.5 Å². The van der Waals surface area contributed by atoms with E-state index in [4.69, 9.17) is 4.74 Å². The molecule has 182 valence electrons. The van der Waals surface area contributed by atoms with Gasteiger partial charge < -0.3 is 20.0 Å². The molecule has 2 unspecified atom stereocenters. The number of hydrogen-bond donors (Lipinski definition) is 3. The number of nitrogens with zero attached hydrogens (tertiary/aromatic N) is 1. The predicted octanol–water partition coefficient (Wildman–Crippen LogP) is 4.46. The van der Waals surface area contributed by atoms with Gasteiger partial charge in [-0.05, 0) is 105 Å². The van der Waals surface area contributed by atoms with Crippen molar-refractivity contribution in [3.63, 3.8) is 0 Å². The summed E-state index contributed by atoms with van der Waals surface area (Å²) in [5.74, 6) is 3.41. The highest BCUT2D eigenvalue weighted by Crippen LogP contribution is 2.72. The van der Waals surface area contributed by atoms with E-state index in [1.54, 1.807) is 7.11 Å². The van der Waals surface area contributed by atoms with Gasteiger partial charge in [-0.2, -0.15) is 0 Å². The van der Waals surface area contributed by atoms with Crippen LogP contribution in [0.15, 0.2) is 12.0 Å². The zero-order valence-corrected chi connectivity index (χ0v) is 21.0. The zero-order valence-electron chi connectivity index (χ0n) is 21.0. The van der Waals surface area contributed by atoms with Gasteiger partial charge in [-0.25, -0.2) is 5.43 Å². The van der Waals surface area contributed by atoms with Crippen LogP contribution >= 0.6 is 0 Å². The van der Waals surface area contributed by atoms with Crippen molar-refractivity contribution in [2.24, 2.45) is 39.9 Å². The second-order valence-electron chi connectivity index (χ2n) is 13.1. The molecule has 0 spiro atoms. The van der Waals surface area contributed by atoms with E-state index in [9.17, 15) is 10.2 Å². The first-order valence-electron chi connectivity index (χ1n) is 13.2. The maximum Gasteiger partial charge on any atom is 0.128 e. The Bertz CT molecular complexity index is 768. The highest BCUT2D eigenvalue weighted by atomic mass is 16.5. The van der Waals surface area contributed by atoms with E-state index in [-0.39, 0.29) is 11.5 Å². The summed E-state index contributed by atoms with van der Waals surface area (Å²) in [5.41, 5.74) is 3.82. The van der Waals surface area contributed by atoms with Gasteiger partial charge in [-0.3, -0.25) is 0 Å². The molecule has 4 fully saturated rings. The van der Waals surface area contributed by atoms with Crippen LogP contribution in [0.2, 0.25) is 0 Å². The lowest BCUT2D eigenvalue weighted by Gasteiger charge is -2.66. The van der Waals surface area contributed by atoms with E-state index in [0.29, 0.717) is 41.7 Å². The molecule has 32 heavy (non-hydrogen) atoms. The van der Waals surface area contributed by atoms with Crippen molar-refractivity contribution < 1.29 is 14.9 Å². The van der Waals surface area contributed by atoms with Gasteiger partial charge in [0, 0.05) is 0 Å². The third kappa shape index (κ3) is 3.36. The zero-order chi connectivity index (χ0) is 22.9. The number of ether oxygens (including phenoxy) is 1. The van der Waals surface area contributed by atoms with Crippen LogP contribution in [0, 0.1) is 39.9 Å². The molecular formula is C27H46N2O3. The highest BCUT2D eigenvalue weighted by Gasteiger charge is 2.66. The van der Waals surface area contributed by atoms with E-state index in [2.05, 4.69) is 33.1 Å². The Balaban J connectivity index is 1.34. The maximum atomic E-state index is 11.4. The lowest BCUT2D eigenvalue weighted by atomic mass is 9.39. The standard InChI is InChI=1S/C27H46N2O3/c1-24(31)12-13-25(2)18(14-24)8-10-27(4)22-7-6-20(26(22,3)11-9-23(25)27)21(30)17-29-16-19(32-5)15-28-29/h16,18,20-23,28,30-31H,6-15,17H2,1-5H3/t18?,20-,21?,22-,23-,24-,25+,26-,27+/m1/s1. The number of aliphatic hydroxyl groups excluding tert-OH is 1. The van der Waals surface area contributed by atoms with Gasteiger partial charge in [0.2, 0.25) is 0 Å². The molecule has 0 radical (unpaired) electrons. The third-order valence-electron chi connectivity index (χ3n) is 11.5. The van der Waals surface area contributed by atoms with Gasteiger partial charge in [0.05, 0.1) is 38.1 Å². The largest absolute Gasteiger partial charge is 0.498 e. The molecule has 5 heteroatoms. The number of methoxy groups -OCH3 is 1. The molecule has 5 nitrogen and oxygen atoms in total. The third-order valence-corrected chi connectivity index (χ3v) is 11.5. The highest BCUT2D eigenvalue weighted by molar-refractivity contribution is 5.15. The van der Waals surface area contributed by atoms with Crippen LogP contribution in [-0.2, 0) is 4.74 Å². The Hall–Kier alpha value is -0.780. The molecule has 1 heterocycles. The van der Waals surface area contributed by atoms with Gasteiger partial charge in [0.15, 0.2) is 0 Å². The summed E-state index contributed by atoms with van der Waals surface area (Å²) >= 11 is 0. The number of aliphatic hydroxyl groups is 2. The summed E-state index contributed by atoms with van der Waals surface area (Å²) in [5, 5.41) is 24.2. The minimum atomic E-state index is -0.468. The van der Waals surface area contributed by atoms with Gasteiger partial charge in [0.1, 0.15) is 5.76 Å². The van der Waals surface area contributed by atoms with Crippen molar-refractivity contribution in [1.29, 1.82) is 0 Å². The van der Waals surface area contributed by atoms with Gasteiger partial charge in [-0.15, -0.1) is 0 Å². The molecule has 0 bridgehead atoms. The van der Waals surface area contributed by atoms with Crippen LogP contribution in [0.4, 0.5) is 0 Å². The summed E-state index contributed by atoms with van der Waals surface area (Å²) in [6.45, 7) is 11.1. The quantitative estimate of drug-likeness (QED) is 0.595. The average Bonchev–Trinajstić information content (AvgIpc) is 3.33. The van der Waals surface area contributed by atoms with Crippen molar-refractivity contribution in [3.8, 4) is 0 Å². The Labute approximate surface area is 194 Å². The normalized spacial score (nSPS) is 51.5. The van der Waals surface area contributed by atoms with E-state index in [1.807, 2.05) is 11.2 Å². The molecule has 3 N–H and O–H groups in total. The monoisotopic (exact) mass is 446 g/mol. The predicted molar refractivity (Wildman–Crippen MR) is 126 cm³/mol. The molecular weight excluding hydrogens is 400 g/mol. The maximum absolute atomic E-state index is 11.4. The van der Waals surface area contributed by atoms with Crippen LogP contribution in [-0.4, -0.2) is 47.1 Å². The van der Waals surface area contributed by atoms with Crippen molar-refractivity contribution in [2.45, 2.75) is 97.2 Å². The van der Waals surface area contributed by atoms with Crippen molar-refractivity contribution in [3.05, 3.63) is 12.0 Å². The number of β-amino-alcohol motifs (C(OH)–C–C–N with tert-alkyl or cyclic N) is 1. The summed E-state index contributed by atoms with van der Waals surface area (Å²) < 4.78 is 5.35. The first kappa shape index (κ1) is 23.0. The van der Waals surface area contributed by atoms with Gasteiger partial charge in [0.25, 0.3) is 0 Å². The summed E-state index contributed by atoms with van der Waals surface area (Å²) in [6.07, 6.45) is 12.3. The Kier molecular flexibility index (Phi) is 5.47. The first-order valence-corrected chi connectivity index (χ1v) is 13.2. The second kappa shape index (κ2) is 7.61. The molecule has 5 rings (SSSR count). The van der Waals surface area contributed by atoms with Gasteiger partial charge >= 0.3 is 0 Å². The molecule has 0 amide bonds. The van der Waals surface area contributed by atoms with Gasteiger partial charge in [-0.1, -0.05) is 20.8 Å². The number of rotatable bonds is 4. The fourth-order valence-corrected chi connectivity index (χ4v) is 9.80. The first-order chi connectivity index (χ1) is 15.0. The molecule has 4 saturated carbocycles. The molecule has 0 saturated heterocycles. The van der Waals surface area contributed by atoms with E-state index in [1.165, 1.54) is 38.5 Å². The van der Waals surface area contributed by atoms with Crippen LogP contribution in [0.25, 0.3) is 0 Å². The molecule has 9 atom stereocenters. The topological polar surface area (TPSA) is 65.0 Å². The van der Waals surface area contributed by atoms with E-state index in [0.717, 1.165) is 30.9 Å². The lowest BCUT2D eigenvalue weighted by Crippen LogP contribution is -2.60. The van der Waals surface area contributed by atoms with Crippen LogP contribution < -0.4 is 5.43 Å². The molecule has 0 aromatic rings. The summed E-state index contributed by atoms with van der Waals surface area (Å²) in [7, 11) is 1.71. The summed E-state index contributed by atoms with van der Waals surface area (Å²) in [4.78, 5) is 0. The Morgan fingerprint density at radius 2 is 1.72 bits per heavy atom. The molecule has 0 aromatic heterocycles. The van der Waals surface area contributed by atoms with Crippen molar-refractivity contribution in [1.82, 2.24) is 10.4 Å². The number of fused-ring (bicyclic) bond motifs is 5. The molecule has 1 aliphatic heterocycles. The lowest BCUT2D eigenvalue weighted by molar-refractivity contribution is -0.190. The minimum absolute atomic E-state index is 0.224. The molecule has 0 aromatic carbocycles. The fourth-order valence-electron chi connectivity index (χ4n) is 9.80. The van der Waals surface area contributed by atoms with Crippen molar-refractivity contribution in [2.75, 3.05) is 20.2 Å². The van der Waals surface area contributed by atoms with Crippen LogP contribution in [0.5, 0.6) is 0 Å². The second-order valence-corrected chi connectivity index (χ2v) is 13.1. The van der Waals surface area contributed by atoms with E-state index < -0.39 is 5.60 Å². The van der Waals surface area contributed by atoms with Crippen molar-refractivity contribution >= 4 is 0 Å². The smallest absolute Gasteiger partial charge is 0.128 e. The fraction of sp³-hybridized carbons (Fsp3) is 0.926. The Morgan fingerprint density at radius 1 is 1.00 bits per heavy atom. The number of nitrogens with one attached hydrogen (secondary N) is 1. The van der Waals surface area contributed by atoms with Crippen LogP contribution in [0.3, 0.4) is 0 Å².